The number of aryl methyl sites for hydroxylation is 1. The summed E-state index contributed by atoms with van der Waals surface area (Å²) in [6.45, 7) is 2.55. The lowest BCUT2D eigenvalue weighted by atomic mass is 10.1. The van der Waals surface area contributed by atoms with E-state index in [9.17, 15) is 0 Å². The zero-order chi connectivity index (χ0) is 13.7. The number of nitrogens with zero attached hydrogens (tertiary/aromatic N) is 2. The van der Waals surface area contributed by atoms with Crippen molar-refractivity contribution in [2.24, 2.45) is 0 Å². The van der Waals surface area contributed by atoms with Crippen molar-refractivity contribution in [1.82, 2.24) is 0 Å². The molecule has 0 aliphatic rings. The fraction of sp³-hybridized carbons (Fsp3) is 0.125. The number of rotatable bonds is 3. The van der Waals surface area contributed by atoms with Crippen LogP contribution in [-0.2, 0) is 6.54 Å². The van der Waals surface area contributed by atoms with Crippen molar-refractivity contribution in [1.29, 1.82) is 10.5 Å². The van der Waals surface area contributed by atoms with Gasteiger partial charge in [0.2, 0.25) is 0 Å². The Morgan fingerprint density at radius 1 is 1.00 bits per heavy atom. The average Bonchev–Trinajstić information content (AvgIpc) is 2.45. The standard InChI is InChI=1S/C16H13N3/c1-12-3-2-4-16(15(12)10-18)19-11-14-7-5-13(9-17)6-8-14/h2-8,19H,11H2,1H3. The highest BCUT2D eigenvalue weighted by Gasteiger charge is 2.04. The zero-order valence-electron chi connectivity index (χ0n) is 10.6. The van der Waals surface area contributed by atoms with Crippen molar-refractivity contribution in [3.8, 4) is 12.1 Å². The van der Waals surface area contributed by atoms with E-state index in [-0.39, 0.29) is 0 Å². The van der Waals surface area contributed by atoms with Crippen LogP contribution < -0.4 is 5.32 Å². The normalized spacial score (nSPS) is 9.42. The molecule has 0 spiro atoms. The molecule has 3 nitrogen and oxygen atoms in total. The van der Waals surface area contributed by atoms with Gasteiger partial charge in [0.1, 0.15) is 6.07 Å². The van der Waals surface area contributed by atoms with Gasteiger partial charge in [-0.25, -0.2) is 0 Å². The maximum absolute atomic E-state index is 9.14. The Hall–Kier alpha value is -2.78. The van der Waals surface area contributed by atoms with E-state index < -0.39 is 0 Å². The first kappa shape index (κ1) is 12.7. The highest BCUT2D eigenvalue weighted by atomic mass is 14.9. The second-order valence-corrected chi connectivity index (χ2v) is 4.27. The predicted molar refractivity (Wildman–Crippen MR) is 74.4 cm³/mol. The smallest absolute Gasteiger partial charge is 0.102 e. The van der Waals surface area contributed by atoms with E-state index in [1.165, 1.54) is 0 Å². The molecule has 0 aliphatic heterocycles. The summed E-state index contributed by atoms with van der Waals surface area (Å²) in [5, 5.41) is 21.1. The molecule has 0 aliphatic carbocycles. The summed E-state index contributed by atoms with van der Waals surface area (Å²) in [6, 6.07) is 17.5. The van der Waals surface area contributed by atoms with E-state index in [1.54, 1.807) is 12.1 Å². The SMILES string of the molecule is Cc1cccc(NCc2ccc(C#N)cc2)c1C#N. The number of nitrogens with one attached hydrogen (secondary N) is 1. The minimum absolute atomic E-state index is 0.629. The fourth-order valence-corrected chi connectivity index (χ4v) is 1.86. The van der Waals surface area contributed by atoms with Crippen LogP contribution in [0.1, 0.15) is 22.3 Å². The third kappa shape index (κ3) is 2.91. The van der Waals surface area contributed by atoms with Gasteiger partial charge in [0, 0.05) is 6.54 Å². The first-order valence-corrected chi connectivity index (χ1v) is 5.97. The summed E-state index contributed by atoms with van der Waals surface area (Å²) in [7, 11) is 0. The molecule has 0 fully saturated rings. The monoisotopic (exact) mass is 247 g/mol. The highest BCUT2D eigenvalue weighted by molar-refractivity contribution is 5.60. The molecule has 0 aromatic heterocycles. The van der Waals surface area contributed by atoms with Crippen molar-refractivity contribution in [2.75, 3.05) is 5.32 Å². The van der Waals surface area contributed by atoms with Gasteiger partial charge in [0.05, 0.1) is 22.9 Å². The minimum atomic E-state index is 0.629. The Bertz CT molecular complexity index is 658. The van der Waals surface area contributed by atoms with Crippen molar-refractivity contribution >= 4 is 5.69 Å². The lowest BCUT2D eigenvalue weighted by Crippen LogP contribution is -2.02. The summed E-state index contributed by atoms with van der Waals surface area (Å²) < 4.78 is 0. The summed E-state index contributed by atoms with van der Waals surface area (Å²) in [5.74, 6) is 0. The van der Waals surface area contributed by atoms with Gasteiger partial charge in [-0.1, -0.05) is 24.3 Å². The topological polar surface area (TPSA) is 59.6 Å². The van der Waals surface area contributed by atoms with Gasteiger partial charge in [-0.3, -0.25) is 0 Å². The molecule has 0 radical (unpaired) electrons. The van der Waals surface area contributed by atoms with E-state index in [2.05, 4.69) is 17.5 Å². The summed E-state index contributed by atoms with van der Waals surface area (Å²) >= 11 is 0. The van der Waals surface area contributed by atoms with E-state index >= 15 is 0 Å². The Labute approximate surface area is 112 Å². The van der Waals surface area contributed by atoms with E-state index in [0.717, 1.165) is 16.8 Å². The minimum Gasteiger partial charge on any atom is -0.380 e. The maximum atomic E-state index is 9.14. The lowest BCUT2D eigenvalue weighted by Gasteiger charge is -2.09. The number of hydrogen-bond donors (Lipinski definition) is 1. The van der Waals surface area contributed by atoms with Crippen LogP contribution in [0.3, 0.4) is 0 Å². The van der Waals surface area contributed by atoms with Crippen LogP contribution in [0, 0.1) is 29.6 Å². The number of nitriles is 2. The van der Waals surface area contributed by atoms with Gasteiger partial charge < -0.3 is 5.32 Å². The van der Waals surface area contributed by atoms with Gasteiger partial charge in [0.25, 0.3) is 0 Å². The second kappa shape index (κ2) is 5.71. The quantitative estimate of drug-likeness (QED) is 0.904. The van der Waals surface area contributed by atoms with E-state index in [4.69, 9.17) is 10.5 Å². The van der Waals surface area contributed by atoms with Gasteiger partial charge in [-0.15, -0.1) is 0 Å². The van der Waals surface area contributed by atoms with Gasteiger partial charge >= 0.3 is 0 Å². The second-order valence-electron chi connectivity index (χ2n) is 4.27. The predicted octanol–water partition coefficient (Wildman–Crippen LogP) is 3.35. The van der Waals surface area contributed by atoms with Crippen LogP contribution in [-0.4, -0.2) is 0 Å². The van der Waals surface area contributed by atoms with E-state index in [1.807, 2.05) is 37.3 Å². The van der Waals surface area contributed by atoms with Crippen LogP contribution in [0.25, 0.3) is 0 Å². The zero-order valence-corrected chi connectivity index (χ0v) is 10.6. The molecule has 3 heteroatoms. The molecule has 0 atom stereocenters. The molecule has 2 rings (SSSR count). The van der Waals surface area contributed by atoms with Crippen molar-refractivity contribution in [2.45, 2.75) is 13.5 Å². The van der Waals surface area contributed by atoms with Crippen LogP contribution in [0.2, 0.25) is 0 Å². The van der Waals surface area contributed by atoms with Crippen molar-refractivity contribution in [3.63, 3.8) is 0 Å². The Morgan fingerprint density at radius 2 is 1.74 bits per heavy atom. The molecule has 1 N–H and O–H groups in total. The molecule has 0 unspecified atom stereocenters. The highest BCUT2D eigenvalue weighted by Crippen LogP contribution is 2.19. The molecule has 92 valence electrons. The maximum Gasteiger partial charge on any atom is 0.102 e. The average molecular weight is 247 g/mol. The summed E-state index contributed by atoms with van der Waals surface area (Å²) in [4.78, 5) is 0. The van der Waals surface area contributed by atoms with Gasteiger partial charge in [-0.05, 0) is 36.2 Å². The van der Waals surface area contributed by atoms with Crippen molar-refractivity contribution < 1.29 is 0 Å². The molecular weight excluding hydrogens is 234 g/mol. The molecule has 0 saturated heterocycles. The summed E-state index contributed by atoms with van der Waals surface area (Å²) in [5.41, 5.74) is 4.21. The number of anilines is 1. The van der Waals surface area contributed by atoms with E-state index in [0.29, 0.717) is 17.7 Å². The Balaban J connectivity index is 2.13. The molecule has 2 aromatic carbocycles. The molecule has 2 aromatic rings. The fourth-order valence-electron chi connectivity index (χ4n) is 1.86. The molecule has 0 amide bonds. The molecule has 0 bridgehead atoms. The number of hydrogen-bond acceptors (Lipinski definition) is 3. The Kier molecular flexibility index (Phi) is 3.81. The lowest BCUT2D eigenvalue weighted by molar-refractivity contribution is 1.14. The molecule has 19 heavy (non-hydrogen) atoms. The van der Waals surface area contributed by atoms with Crippen LogP contribution >= 0.6 is 0 Å². The molecule has 0 saturated carbocycles. The first-order chi connectivity index (χ1) is 9.24. The van der Waals surface area contributed by atoms with Crippen LogP contribution in [0.15, 0.2) is 42.5 Å². The van der Waals surface area contributed by atoms with Crippen molar-refractivity contribution in [3.05, 3.63) is 64.7 Å². The van der Waals surface area contributed by atoms with Gasteiger partial charge in [0.15, 0.2) is 0 Å². The van der Waals surface area contributed by atoms with Crippen LogP contribution in [0.4, 0.5) is 5.69 Å². The molecular formula is C16H13N3. The third-order valence-electron chi connectivity index (χ3n) is 2.95. The number of benzene rings is 2. The Morgan fingerprint density at radius 3 is 2.37 bits per heavy atom. The largest absolute Gasteiger partial charge is 0.380 e. The third-order valence-corrected chi connectivity index (χ3v) is 2.95. The molecule has 0 heterocycles. The van der Waals surface area contributed by atoms with Gasteiger partial charge in [-0.2, -0.15) is 10.5 Å². The summed E-state index contributed by atoms with van der Waals surface area (Å²) in [6.07, 6.45) is 0. The first-order valence-electron chi connectivity index (χ1n) is 5.97. The van der Waals surface area contributed by atoms with Crippen LogP contribution in [0.5, 0.6) is 0 Å².